The Morgan fingerprint density at radius 2 is 1.88 bits per heavy atom. The third-order valence-electron chi connectivity index (χ3n) is 3.19. The van der Waals surface area contributed by atoms with Crippen LogP contribution < -0.4 is 4.72 Å². The molecule has 0 saturated carbocycles. The molecule has 130 valence electrons. The van der Waals surface area contributed by atoms with Crippen LogP contribution in [0.1, 0.15) is 38.1 Å². The van der Waals surface area contributed by atoms with Crippen LogP contribution in [0.25, 0.3) is 0 Å². The fourth-order valence-corrected chi connectivity index (χ4v) is 3.35. The van der Waals surface area contributed by atoms with Crippen LogP contribution in [-0.2, 0) is 17.4 Å². The number of halogens is 3. The van der Waals surface area contributed by atoms with Gasteiger partial charge in [-0.05, 0) is 60.8 Å². The predicted octanol–water partition coefficient (Wildman–Crippen LogP) is 3.85. The van der Waals surface area contributed by atoms with Crippen molar-refractivity contribution in [1.29, 1.82) is 0 Å². The summed E-state index contributed by atoms with van der Waals surface area (Å²) in [6.45, 7) is 5.51. The minimum Gasteiger partial charge on any atom is -0.244 e. The lowest BCUT2D eigenvalue weighted by Gasteiger charge is -2.24. The van der Waals surface area contributed by atoms with Gasteiger partial charge in [0.25, 0.3) is 0 Å². The van der Waals surface area contributed by atoms with Gasteiger partial charge in [0.15, 0.2) is 0 Å². The van der Waals surface area contributed by atoms with Gasteiger partial charge in [-0.2, -0.15) is 0 Å². The van der Waals surface area contributed by atoms with Crippen molar-refractivity contribution in [2.75, 3.05) is 0 Å². The first-order valence-corrected chi connectivity index (χ1v) is 9.19. The quantitative estimate of drug-likeness (QED) is 0.803. The molecule has 0 saturated heterocycles. The second-order valence-electron chi connectivity index (χ2n) is 6.29. The summed E-state index contributed by atoms with van der Waals surface area (Å²) in [4.78, 5) is 8.12. The first-order valence-electron chi connectivity index (χ1n) is 7.25. The van der Waals surface area contributed by atoms with E-state index in [-0.39, 0.29) is 6.42 Å². The summed E-state index contributed by atoms with van der Waals surface area (Å²) in [6.07, 6.45) is 3.18. The molecule has 2 rings (SSSR count). The van der Waals surface area contributed by atoms with Crippen LogP contribution in [0.15, 0.2) is 35.2 Å². The summed E-state index contributed by atoms with van der Waals surface area (Å²) in [5, 5.41) is 0. The van der Waals surface area contributed by atoms with Crippen molar-refractivity contribution in [1.82, 2.24) is 14.7 Å². The predicted molar refractivity (Wildman–Crippen MR) is 93.6 cm³/mol. The summed E-state index contributed by atoms with van der Waals surface area (Å²) >= 11 is 3.37. The number of hydrogen-bond acceptors (Lipinski definition) is 3. The molecule has 0 aliphatic heterocycles. The Labute approximate surface area is 150 Å². The molecular weight excluding hydrogens is 400 g/mol. The maximum absolute atomic E-state index is 13.5. The third-order valence-corrected chi connectivity index (χ3v) is 5.42. The smallest absolute Gasteiger partial charge is 0.126 e. The average molecular weight is 418 g/mol. The van der Waals surface area contributed by atoms with Crippen LogP contribution in [0.4, 0.5) is 8.78 Å². The van der Waals surface area contributed by atoms with Crippen LogP contribution in [0.3, 0.4) is 0 Å². The monoisotopic (exact) mass is 417 g/mol. The number of nitrogens with zero attached hydrogens (tertiary/aromatic N) is 2. The van der Waals surface area contributed by atoms with Gasteiger partial charge in [0.1, 0.15) is 18.0 Å². The minimum atomic E-state index is -1.38. The van der Waals surface area contributed by atoms with E-state index in [1.165, 1.54) is 18.5 Å². The van der Waals surface area contributed by atoms with Gasteiger partial charge in [-0.25, -0.2) is 27.7 Å². The van der Waals surface area contributed by atoms with Crippen LogP contribution in [-0.4, -0.2) is 18.9 Å². The molecular formula is C16H18BrF2N3OS. The van der Waals surface area contributed by atoms with Gasteiger partial charge in [-0.15, -0.1) is 0 Å². The molecule has 1 N–H and O–H groups in total. The topological polar surface area (TPSA) is 54.9 Å². The van der Waals surface area contributed by atoms with Gasteiger partial charge < -0.3 is 0 Å². The highest BCUT2D eigenvalue weighted by molar-refractivity contribution is 9.10. The Kier molecular flexibility index (Phi) is 6.17. The van der Waals surface area contributed by atoms with E-state index in [4.69, 9.17) is 0 Å². The molecule has 1 aromatic heterocycles. The van der Waals surface area contributed by atoms with E-state index < -0.39 is 33.4 Å². The highest BCUT2D eigenvalue weighted by Gasteiger charge is 2.26. The largest absolute Gasteiger partial charge is 0.244 e. The fraction of sp³-hybridized carbons (Fsp3) is 0.375. The van der Waals surface area contributed by atoms with Crippen LogP contribution in [0.2, 0.25) is 0 Å². The van der Waals surface area contributed by atoms with Crippen LogP contribution in [0, 0.1) is 11.6 Å². The van der Waals surface area contributed by atoms with Crippen LogP contribution in [0.5, 0.6) is 0 Å². The van der Waals surface area contributed by atoms with Crippen molar-refractivity contribution < 1.29 is 13.0 Å². The number of aromatic nitrogens is 2. The standard InChI is InChI=1S/C16H18BrF2N3OS/c1-16(2,3)24(23)22-14(15-13(17)8-20-9-21-15)6-10-4-11(18)7-12(19)5-10/h4-5,7-9,14,22H,6H2,1-3H3/t14-,24+/m0/s1. The van der Waals surface area contributed by atoms with E-state index in [1.54, 1.807) is 6.20 Å². The molecule has 0 radical (unpaired) electrons. The van der Waals surface area contributed by atoms with E-state index in [0.717, 1.165) is 6.07 Å². The summed E-state index contributed by atoms with van der Waals surface area (Å²) in [5.41, 5.74) is 1.02. The molecule has 24 heavy (non-hydrogen) atoms. The molecule has 0 spiro atoms. The molecule has 2 atom stereocenters. The van der Waals surface area contributed by atoms with Crippen molar-refractivity contribution in [3.63, 3.8) is 0 Å². The van der Waals surface area contributed by atoms with Gasteiger partial charge in [0.2, 0.25) is 0 Å². The molecule has 0 aliphatic rings. The van der Waals surface area contributed by atoms with Gasteiger partial charge in [0, 0.05) is 12.3 Å². The van der Waals surface area contributed by atoms with E-state index in [0.29, 0.717) is 15.7 Å². The molecule has 0 amide bonds. The van der Waals surface area contributed by atoms with Crippen molar-refractivity contribution in [3.8, 4) is 0 Å². The van der Waals surface area contributed by atoms with Gasteiger partial charge in [-0.3, -0.25) is 0 Å². The lowest BCUT2D eigenvalue weighted by Crippen LogP contribution is -2.37. The number of nitrogens with one attached hydrogen (secondary N) is 1. The number of benzene rings is 1. The Bertz CT molecular complexity index is 732. The maximum Gasteiger partial charge on any atom is 0.126 e. The second kappa shape index (κ2) is 7.76. The Morgan fingerprint density at radius 3 is 2.42 bits per heavy atom. The first-order chi connectivity index (χ1) is 11.2. The molecule has 0 fully saturated rings. The first kappa shape index (κ1) is 19.1. The number of rotatable bonds is 5. The van der Waals surface area contributed by atoms with E-state index >= 15 is 0 Å². The van der Waals surface area contributed by atoms with Gasteiger partial charge in [0.05, 0.1) is 31.9 Å². The van der Waals surface area contributed by atoms with E-state index in [1.807, 2.05) is 20.8 Å². The summed E-state index contributed by atoms with van der Waals surface area (Å²) in [7, 11) is -1.38. The average Bonchev–Trinajstić information content (AvgIpc) is 2.45. The molecule has 8 heteroatoms. The summed E-state index contributed by atoms with van der Waals surface area (Å²) in [5.74, 6) is -1.30. The molecule has 4 nitrogen and oxygen atoms in total. The molecule has 0 bridgehead atoms. The zero-order valence-electron chi connectivity index (χ0n) is 13.5. The minimum absolute atomic E-state index is 0.228. The highest BCUT2D eigenvalue weighted by atomic mass is 79.9. The summed E-state index contributed by atoms with van der Waals surface area (Å²) in [6, 6.07) is 2.84. The SMILES string of the molecule is CC(C)(C)[S@@](=O)N[C@@H](Cc1cc(F)cc(F)c1)c1ncncc1Br. The van der Waals surface area contributed by atoms with E-state index in [2.05, 4.69) is 30.6 Å². The Morgan fingerprint density at radius 1 is 1.25 bits per heavy atom. The molecule has 2 aromatic rings. The molecule has 0 unspecified atom stereocenters. The summed E-state index contributed by atoms with van der Waals surface area (Å²) < 4.78 is 42.5. The molecule has 1 aromatic carbocycles. The van der Waals surface area contributed by atoms with Crippen molar-refractivity contribution in [2.45, 2.75) is 38.0 Å². The molecule has 1 heterocycles. The zero-order chi connectivity index (χ0) is 17.9. The van der Waals surface area contributed by atoms with Crippen molar-refractivity contribution >= 4 is 26.9 Å². The van der Waals surface area contributed by atoms with Gasteiger partial charge >= 0.3 is 0 Å². The third kappa shape index (κ3) is 5.12. The van der Waals surface area contributed by atoms with Crippen molar-refractivity contribution in [2.24, 2.45) is 0 Å². The fourth-order valence-electron chi connectivity index (χ4n) is 2.04. The zero-order valence-corrected chi connectivity index (χ0v) is 15.9. The Balaban J connectivity index is 2.35. The lowest BCUT2D eigenvalue weighted by atomic mass is 10.0. The maximum atomic E-state index is 13.5. The van der Waals surface area contributed by atoms with Crippen LogP contribution >= 0.6 is 15.9 Å². The van der Waals surface area contributed by atoms with E-state index in [9.17, 15) is 13.0 Å². The normalized spacial score (nSPS) is 14.4. The molecule has 0 aliphatic carbocycles. The number of hydrogen-bond donors (Lipinski definition) is 1. The van der Waals surface area contributed by atoms with Crippen molar-refractivity contribution in [3.05, 3.63) is 58.1 Å². The highest BCUT2D eigenvalue weighted by Crippen LogP contribution is 2.26. The Hall–Kier alpha value is -1.25. The second-order valence-corrected chi connectivity index (χ2v) is 9.14. The van der Waals surface area contributed by atoms with Gasteiger partial charge in [-0.1, -0.05) is 0 Å². The lowest BCUT2D eigenvalue weighted by molar-refractivity contribution is 0.564.